The summed E-state index contributed by atoms with van der Waals surface area (Å²) in [5.41, 5.74) is 8.28. The monoisotopic (exact) mass is 253 g/mol. The zero-order valence-corrected chi connectivity index (χ0v) is 10.4. The summed E-state index contributed by atoms with van der Waals surface area (Å²) < 4.78 is 0. The molecule has 2 aromatic carbocycles. The molecule has 0 bridgehead atoms. The molecular weight excluding hydrogens is 238 g/mol. The van der Waals surface area contributed by atoms with Gasteiger partial charge in [-0.15, -0.1) is 0 Å². The molecule has 2 rings (SSSR count). The van der Waals surface area contributed by atoms with Crippen molar-refractivity contribution in [1.29, 1.82) is 0 Å². The lowest BCUT2D eigenvalue weighted by Gasteiger charge is -2.05. The fraction of sp³-hybridized carbons (Fsp3) is 0.0625. The number of hydrogen-bond donors (Lipinski definition) is 2. The highest BCUT2D eigenvalue weighted by atomic mass is 16.4. The molecule has 0 atom stereocenters. The summed E-state index contributed by atoms with van der Waals surface area (Å²) in [7, 11) is 0. The van der Waals surface area contributed by atoms with Crippen LogP contribution in [0.3, 0.4) is 0 Å². The number of carboxylic acids is 1. The van der Waals surface area contributed by atoms with Gasteiger partial charge >= 0.3 is 5.97 Å². The molecule has 0 aliphatic heterocycles. The normalized spacial score (nSPS) is 10.7. The Hall–Kier alpha value is -2.55. The number of para-hydroxylation sites is 1. The molecule has 3 heteroatoms. The smallest absolute Gasteiger partial charge is 0.337 e. The fourth-order valence-electron chi connectivity index (χ4n) is 1.86. The van der Waals surface area contributed by atoms with E-state index in [9.17, 15) is 4.79 Å². The molecule has 0 fully saturated rings. The van der Waals surface area contributed by atoms with E-state index in [0.717, 1.165) is 11.1 Å². The summed E-state index contributed by atoms with van der Waals surface area (Å²) >= 11 is 0. The number of benzene rings is 2. The molecule has 0 saturated carbocycles. The average molecular weight is 253 g/mol. The van der Waals surface area contributed by atoms with Crippen molar-refractivity contribution in [1.82, 2.24) is 0 Å². The Morgan fingerprint density at radius 3 is 2.53 bits per heavy atom. The van der Waals surface area contributed by atoms with Gasteiger partial charge in [0.15, 0.2) is 0 Å². The molecule has 0 aliphatic rings. The van der Waals surface area contributed by atoms with Gasteiger partial charge in [0.2, 0.25) is 0 Å². The van der Waals surface area contributed by atoms with Crippen LogP contribution in [0.4, 0.5) is 5.69 Å². The predicted molar refractivity (Wildman–Crippen MR) is 77.0 cm³/mol. The van der Waals surface area contributed by atoms with Gasteiger partial charge in [-0.25, -0.2) is 4.79 Å². The van der Waals surface area contributed by atoms with Crippen molar-refractivity contribution in [2.75, 3.05) is 5.73 Å². The minimum atomic E-state index is -0.994. The molecule has 3 N–H and O–H groups in total. The second-order valence-electron chi connectivity index (χ2n) is 4.20. The first kappa shape index (κ1) is 12.9. The molecular formula is C16H15NO2. The number of aromatic carboxylic acids is 1. The average Bonchev–Trinajstić information content (AvgIpc) is 2.41. The SMILES string of the molecule is Nc1c(CC=Cc2ccccc2)cccc1C(=O)O. The Kier molecular flexibility index (Phi) is 3.98. The van der Waals surface area contributed by atoms with E-state index in [4.69, 9.17) is 10.8 Å². The van der Waals surface area contributed by atoms with Crippen LogP contribution in [-0.4, -0.2) is 11.1 Å². The van der Waals surface area contributed by atoms with Crippen molar-refractivity contribution in [3.8, 4) is 0 Å². The molecule has 0 saturated heterocycles. The van der Waals surface area contributed by atoms with E-state index in [1.165, 1.54) is 6.07 Å². The van der Waals surface area contributed by atoms with Gasteiger partial charge in [0, 0.05) is 5.69 Å². The van der Waals surface area contributed by atoms with E-state index in [-0.39, 0.29) is 5.56 Å². The lowest BCUT2D eigenvalue weighted by molar-refractivity contribution is 0.0698. The van der Waals surface area contributed by atoms with Gasteiger partial charge in [0.1, 0.15) is 0 Å². The number of anilines is 1. The van der Waals surface area contributed by atoms with Crippen LogP contribution in [0.15, 0.2) is 54.6 Å². The summed E-state index contributed by atoms with van der Waals surface area (Å²) in [5.74, 6) is -0.994. The van der Waals surface area contributed by atoms with Gasteiger partial charge in [-0.2, -0.15) is 0 Å². The highest BCUT2D eigenvalue weighted by molar-refractivity contribution is 5.94. The Morgan fingerprint density at radius 2 is 1.84 bits per heavy atom. The second-order valence-corrected chi connectivity index (χ2v) is 4.20. The Morgan fingerprint density at radius 1 is 1.11 bits per heavy atom. The molecule has 2 aromatic rings. The maximum Gasteiger partial charge on any atom is 0.337 e. The summed E-state index contributed by atoms with van der Waals surface area (Å²) in [6.07, 6.45) is 4.58. The number of carbonyl (C=O) groups is 1. The number of hydrogen-bond acceptors (Lipinski definition) is 2. The first-order valence-corrected chi connectivity index (χ1v) is 6.00. The number of nitrogen functional groups attached to an aromatic ring is 1. The topological polar surface area (TPSA) is 63.3 Å². The Labute approximate surface area is 112 Å². The van der Waals surface area contributed by atoms with Crippen molar-refractivity contribution in [2.45, 2.75) is 6.42 Å². The lowest BCUT2D eigenvalue weighted by atomic mass is 10.0. The number of allylic oxidation sites excluding steroid dienone is 1. The molecule has 19 heavy (non-hydrogen) atoms. The van der Waals surface area contributed by atoms with Crippen molar-refractivity contribution >= 4 is 17.7 Å². The standard InChI is InChI=1S/C16H15NO2/c17-15-13(10-5-11-14(15)16(18)19)9-4-8-12-6-2-1-3-7-12/h1-8,10-11H,9,17H2,(H,18,19). The van der Waals surface area contributed by atoms with Crippen LogP contribution in [0.2, 0.25) is 0 Å². The van der Waals surface area contributed by atoms with E-state index in [2.05, 4.69) is 0 Å². The van der Waals surface area contributed by atoms with Crippen molar-refractivity contribution in [3.05, 3.63) is 71.3 Å². The highest BCUT2D eigenvalue weighted by Crippen LogP contribution is 2.18. The highest BCUT2D eigenvalue weighted by Gasteiger charge is 2.09. The maximum atomic E-state index is 11.0. The summed E-state index contributed by atoms with van der Waals surface area (Å²) in [6.45, 7) is 0. The first-order chi connectivity index (χ1) is 9.18. The third kappa shape index (κ3) is 3.22. The summed E-state index contributed by atoms with van der Waals surface area (Å²) in [6, 6.07) is 15.0. The zero-order chi connectivity index (χ0) is 13.7. The van der Waals surface area contributed by atoms with E-state index < -0.39 is 5.97 Å². The van der Waals surface area contributed by atoms with Crippen LogP contribution in [0.5, 0.6) is 0 Å². The van der Waals surface area contributed by atoms with Gasteiger partial charge in [0.05, 0.1) is 5.56 Å². The van der Waals surface area contributed by atoms with Crippen molar-refractivity contribution in [2.24, 2.45) is 0 Å². The van der Waals surface area contributed by atoms with Crippen molar-refractivity contribution in [3.63, 3.8) is 0 Å². The fourth-order valence-corrected chi connectivity index (χ4v) is 1.86. The zero-order valence-electron chi connectivity index (χ0n) is 10.4. The van der Waals surface area contributed by atoms with E-state index >= 15 is 0 Å². The summed E-state index contributed by atoms with van der Waals surface area (Å²) in [5, 5.41) is 9.00. The quantitative estimate of drug-likeness (QED) is 0.822. The van der Waals surface area contributed by atoms with Gasteiger partial charge in [0.25, 0.3) is 0 Å². The van der Waals surface area contributed by atoms with Crippen LogP contribution in [0, 0.1) is 0 Å². The lowest BCUT2D eigenvalue weighted by Crippen LogP contribution is -2.04. The van der Waals surface area contributed by atoms with Crippen molar-refractivity contribution < 1.29 is 9.90 Å². The second kappa shape index (κ2) is 5.87. The Bertz CT molecular complexity index is 603. The van der Waals surface area contributed by atoms with E-state index in [1.54, 1.807) is 6.07 Å². The molecule has 0 aromatic heterocycles. The van der Waals surface area contributed by atoms with Gasteiger partial charge in [-0.1, -0.05) is 54.6 Å². The number of carboxylic acid groups (broad SMARTS) is 1. The molecule has 0 spiro atoms. The van der Waals surface area contributed by atoms with Crippen LogP contribution >= 0.6 is 0 Å². The maximum absolute atomic E-state index is 11.0. The van der Waals surface area contributed by atoms with Crippen LogP contribution in [-0.2, 0) is 6.42 Å². The minimum Gasteiger partial charge on any atom is -0.478 e. The minimum absolute atomic E-state index is 0.158. The third-order valence-electron chi connectivity index (χ3n) is 2.87. The van der Waals surface area contributed by atoms with Crippen LogP contribution < -0.4 is 5.73 Å². The molecule has 0 heterocycles. The molecule has 0 aliphatic carbocycles. The van der Waals surface area contributed by atoms with E-state index in [1.807, 2.05) is 48.6 Å². The molecule has 0 amide bonds. The van der Waals surface area contributed by atoms with Crippen LogP contribution in [0.25, 0.3) is 6.08 Å². The number of rotatable bonds is 4. The molecule has 0 radical (unpaired) electrons. The number of nitrogens with two attached hydrogens (primary N) is 1. The van der Waals surface area contributed by atoms with Gasteiger partial charge < -0.3 is 10.8 Å². The summed E-state index contributed by atoms with van der Waals surface area (Å²) in [4.78, 5) is 11.0. The van der Waals surface area contributed by atoms with Gasteiger partial charge in [-0.3, -0.25) is 0 Å². The molecule has 3 nitrogen and oxygen atoms in total. The molecule has 0 unspecified atom stereocenters. The predicted octanol–water partition coefficient (Wildman–Crippen LogP) is 3.22. The first-order valence-electron chi connectivity index (χ1n) is 6.00. The Balaban J connectivity index is 2.14. The largest absolute Gasteiger partial charge is 0.478 e. The third-order valence-corrected chi connectivity index (χ3v) is 2.87. The van der Waals surface area contributed by atoms with Gasteiger partial charge in [-0.05, 0) is 23.6 Å². The van der Waals surface area contributed by atoms with Crippen LogP contribution in [0.1, 0.15) is 21.5 Å². The van der Waals surface area contributed by atoms with E-state index in [0.29, 0.717) is 12.1 Å². The molecule has 96 valence electrons.